The van der Waals surface area contributed by atoms with Gasteiger partial charge in [-0.15, -0.1) is 0 Å². The van der Waals surface area contributed by atoms with Gasteiger partial charge < -0.3 is 14.6 Å². The quantitative estimate of drug-likeness (QED) is 0.342. The minimum Gasteiger partial charge on any atom is -0.490 e. The molecule has 0 aliphatic carbocycles. The van der Waals surface area contributed by atoms with Crippen molar-refractivity contribution in [3.05, 3.63) is 94.1 Å². The van der Waals surface area contributed by atoms with Gasteiger partial charge >= 0.3 is 5.97 Å². The van der Waals surface area contributed by atoms with Gasteiger partial charge in [0.1, 0.15) is 12.4 Å². The number of halogens is 1. The van der Waals surface area contributed by atoms with E-state index in [1.807, 2.05) is 13.8 Å². The lowest BCUT2D eigenvalue weighted by Crippen LogP contribution is -2.28. The Morgan fingerprint density at radius 3 is 2.59 bits per heavy atom. The van der Waals surface area contributed by atoms with E-state index >= 15 is 0 Å². The number of rotatable bonds is 9. The Morgan fingerprint density at radius 2 is 1.86 bits per heavy atom. The number of nitrogens with zero attached hydrogens (tertiary/aromatic N) is 2. The summed E-state index contributed by atoms with van der Waals surface area (Å²) < 4.78 is 25.5. The fourth-order valence-electron chi connectivity index (χ4n) is 3.61. The van der Waals surface area contributed by atoms with Crippen molar-refractivity contribution >= 4 is 40.6 Å². The Labute approximate surface area is 218 Å². The largest absolute Gasteiger partial charge is 0.490 e. The average Bonchev–Trinajstić information content (AvgIpc) is 3.18. The highest BCUT2D eigenvalue weighted by Gasteiger charge is 2.32. The number of likely N-dealkylation sites (N-methyl/N-ethyl adjacent to an activating group) is 1. The maximum atomic E-state index is 14.0. The number of carboxylic acid groups (broad SMARTS) is 1. The van der Waals surface area contributed by atoms with E-state index in [-0.39, 0.29) is 23.9 Å². The molecule has 0 unspecified atom stereocenters. The van der Waals surface area contributed by atoms with Crippen LogP contribution in [0.15, 0.2) is 76.6 Å². The second kappa shape index (κ2) is 11.7. The van der Waals surface area contributed by atoms with E-state index in [4.69, 9.17) is 9.47 Å². The fraction of sp³-hybridized carbons (Fsp3) is 0.179. The Hall–Kier alpha value is -4.11. The van der Waals surface area contributed by atoms with Crippen molar-refractivity contribution in [2.75, 3.05) is 13.2 Å². The molecule has 190 valence electrons. The standard InChI is InChI=1S/C28H25FN2O5S/c1-3-31-26(32)25(37-28(31)30-21-10-7-9-19(16-21)27(33)34)15-18-12-13-23(24(14-18)35-4-2)36-17-20-8-5-6-11-22(20)29/h5-16H,3-4,17H2,1-2H3,(H,33,34)/b25-15-,30-28?. The van der Waals surface area contributed by atoms with Crippen LogP contribution in [0.25, 0.3) is 6.08 Å². The molecule has 0 spiro atoms. The molecule has 0 atom stereocenters. The Bertz CT molecular complexity index is 1390. The van der Waals surface area contributed by atoms with E-state index < -0.39 is 5.97 Å². The molecule has 1 heterocycles. The predicted octanol–water partition coefficient (Wildman–Crippen LogP) is 6.13. The van der Waals surface area contributed by atoms with Gasteiger partial charge in [0.2, 0.25) is 0 Å². The van der Waals surface area contributed by atoms with Crippen LogP contribution in [0.5, 0.6) is 11.5 Å². The molecule has 1 aliphatic rings. The number of carbonyl (C=O) groups excluding carboxylic acids is 1. The van der Waals surface area contributed by atoms with Gasteiger partial charge in [-0.05, 0) is 73.6 Å². The third kappa shape index (κ3) is 6.18. The fourth-order valence-corrected chi connectivity index (χ4v) is 4.68. The van der Waals surface area contributed by atoms with E-state index in [1.54, 1.807) is 59.5 Å². The number of aliphatic imine (C=N–C) groups is 1. The van der Waals surface area contributed by atoms with Crippen LogP contribution in [-0.2, 0) is 11.4 Å². The zero-order valence-electron chi connectivity index (χ0n) is 20.3. The molecule has 1 N–H and O–H groups in total. The van der Waals surface area contributed by atoms with Crippen LogP contribution in [-0.4, -0.2) is 40.2 Å². The van der Waals surface area contributed by atoms with Gasteiger partial charge in [-0.3, -0.25) is 9.69 Å². The first kappa shape index (κ1) is 26.0. The molecule has 7 nitrogen and oxygen atoms in total. The predicted molar refractivity (Wildman–Crippen MR) is 142 cm³/mol. The maximum absolute atomic E-state index is 14.0. The lowest BCUT2D eigenvalue weighted by Gasteiger charge is -2.13. The number of ether oxygens (including phenoxy) is 2. The molecular formula is C28H25FN2O5S. The van der Waals surface area contributed by atoms with Crippen LogP contribution >= 0.6 is 11.8 Å². The number of amidine groups is 1. The van der Waals surface area contributed by atoms with E-state index in [2.05, 4.69) is 4.99 Å². The van der Waals surface area contributed by atoms with Crippen LogP contribution in [0, 0.1) is 5.82 Å². The van der Waals surface area contributed by atoms with Crippen molar-refractivity contribution in [2.24, 2.45) is 4.99 Å². The lowest BCUT2D eigenvalue weighted by molar-refractivity contribution is -0.122. The highest BCUT2D eigenvalue weighted by atomic mass is 32.2. The van der Waals surface area contributed by atoms with Crippen LogP contribution in [0.2, 0.25) is 0 Å². The summed E-state index contributed by atoms with van der Waals surface area (Å²) in [6, 6.07) is 18.0. The Kier molecular flexibility index (Phi) is 8.25. The highest BCUT2D eigenvalue weighted by molar-refractivity contribution is 8.18. The smallest absolute Gasteiger partial charge is 0.335 e. The molecule has 1 saturated heterocycles. The molecule has 3 aromatic carbocycles. The SMILES string of the molecule is CCOc1cc(/C=C2\SC(=Nc3cccc(C(=O)O)c3)N(CC)C2=O)ccc1OCc1ccccc1F. The van der Waals surface area contributed by atoms with E-state index in [9.17, 15) is 19.1 Å². The first-order valence-electron chi connectivity index (χ1n) is 11.7. The first-order chi connectivity index (χ1) is 17.9. The van der Waals surface area contributed by atoms with Gasteiger partial charge in [0.25, 0.3) is 5.91 Å². The van der Waals surface area contributed by atoms with Crippen molar-refractivity contribution < 1.29 is 28.6 Å². The summed E-state index contributed by atoms with van der Waals surface area (Å²) in [5.74, 6) is -0.634. The van der Waals surface area contributed by atoms with Crippen molar-refractivity contribution in [1.82, 2.24) is 4.90 Å². The van der Waals surface area contributed by atoms with Gasteiger partial charge in [-0.2, -0.15) is 0 Å². The van der Waals surface area contributed by atoms with Gasteiger partial charge in [-0.25, -0.2) is 14.2 Å². The molecule has 1 amide bonds. The molecule has 4 rings (SSSR count). The molecule has 0 aromatic heterocycles. The summed E-state index contributed by atoms with van der Waals surface area (Å²) in [5, 5.41) is 9.71. The molecule has 9 heteroatoms. The molecule has 1 aliphatic heterocycles. The average molecular weight is 521 g/mol. The summed E-state index contributed by atoms with van der Waals surface area (Å²) >= 11 is 1.21. The molecule has 1 fully saturated rings. The summed E-state index contributed by atoms with van der Waals surface area (Å²) in [5.41, 5.74) is 1.73. The molecular weight excluding hydrogens is 495 g/mol. The number of amides is 1. The number of carbonyl (C=O) groups is 2. The highest BCUT2D eigenvalue weighted by Crippen LogP contribution is 2.36. The number of carboxylic acids is 1. The summed E-state index contributed by atoms with van der Waals surface area (Å²) in [6.07, 6.45) is 1.75. The van der Waals surface area contributed by atoms with E-state index in [1.165, 1.54) is 30.0 Å². The van der Waals surface area contributed by atoms with E-state index in [0.717, 1.165) is 5.56 Å². The molecule has 0 radical (unpaired) electrons. The monoisotopic (exact) mass is 520 g/mol. The Balaban J connectivity index is 1.58. The van der Waals surface area contributed by atoms with Gasteiger partial charge in [-0.1, -0.05) is 30.3 Å². The van der Waals surface area contributed by atoms with Crippen LogP contribution in [0.1, 0.15) is 35.3 Å². The summed E-state index contributed by atoms with van der Waals surface area (Å²) in [7, 11) is 0. The second-order valence-electron chi connectivity index (χ2n) is 7.93. The zero-order valence-corrected chi connectivity index (χ0v) is 21.1. The van der Waals surface area contributed by atoms with Crippen molar-refractivity contribution in [1.29, 1.82) is 0 Å². The number of benzene rings is 3. The molecule has 0 saturated carbocycles. The maximum Gasteiger partial charge on any atom is 0.335 e. The minimum atomic E-state index is -1.04. The lowest BCUT2D eigenvalue weighted by atomic mass is 10.1. The number of thioether (sulfide) groups is 1. The number of hydrogen-bond donors (Lipinski definition) is 1. The minimum absolute atomic E-state index is 0.0515. The van der Waals surface area contributed by atoms with Crippen molar-refractivity contribution in [2.45, 2.75) is 20.5 Å². The third-order valence-electron chi connectivity index (χ3n) is 5.43. The summed E-state index contributed by atoms with van der Waals surface area (Å²) in [6.45, 7) is 4.56. The van der Waals surface area contributed by atoms with Crippen molar-refractivity contribution in [3.8, 4) is 11.5 Å². The van der Waals surface area contributed by atoms with E-state index in [0.29, 0.717) is 46.0 Å². The zero-order chi connectivity index (χ0) is 26.4. The summed E-state index contributed by atoms with van der Waals surface area (Å²) in [4.78, 5) is 30.9. The van der Waals surface area contributed by atoms with Gasteiger partial charge in [0.15, 0.2) is 16.7 Å². The third-order valence-corrected chi connectivity index (χ3v) is 6.44. The number of aromatic carboxylic acids is 1. The topological polar surface area (TPSA) is 88.4 Å². The van der Waals surface area contributed by atoms with Crippen molar-refractivity contribution in [3.63, 3.8) is 0 Å². The Morgan fingerprint density at radius 1 is 1.05 bits per heavy atom. The van der Waals surface area contributed by atoms with Crippen LogP contribution < -0.4 is 9.47 Å². The molecule has 37 heavy (non-hydrogen) atoms. The van der Waals surface area contributed by atoms with Gasteiger partial charge in [0, 0.05) is 12.1 Å². The van der Waals surface area contributed by atoms with Gasteiger partial charge in [0.05, 0.1) is 22.8 Å². The second-order valence-corrected chi connectivity index (χ2v) is 8.94. The molecule has 3 aromatic rings. The number of hydrogen-bond acceptors (Lipinski definition) is 6. The normalized spacial score (nSPS) is 15.4. The first-order valence-corrected chi connectivity index (χ1v) is 12.5. The van der Waals surface area contributed by atoms with Crippen LogP contribution in [0.4, 0.5) is 10.1 Å². The van der Waals surface area contributed by atoms with Crippen LogP contribution in [0.3, 0.4) is 0 Å². The molecule has 0 bridgehead atoms.